The Morgan fingerprint density at radius 1 is 1.39 bits per heavy atom. The fourth-order valence-electron chi connectivity index (χ4n) is 1.58. The van der Waals surface area contributed by atoms with Crippen LogP contribution in [0.1, 0.15) is 25.0 Å². The van der Waals surface area contributed by atoms with Gasteiger partial charge in [-0.15, -0.1) is 0 Å². The molecule has 0 fully saturated rings. The number of amides is 1. The number of carbonyl (C=O) groups excluding carboxylic acids is 1. The number of aliphatic hydroxyl groups excluding tert-OH is 1. The van der Waals surface area contributed by atoms with Crippen molar-refractivity contribution in [3.8, 4) is 0 Å². The van der Waals surface area contributed by atoms with Gasteiger partial charge in [-0.2, -0.15) is 0 Å². The number of aliphatic hydroxyl groups is 1. The van der Waals surface area contributed by atoms with Crippen LogP contribution in [0.5, 0.6) is 0 Å². The van der Waals surface area contributed by atoms with Crippen LogP contribution in [-0.2, 0) is 9.53 Å². The van der Waals surface area contributed by atoms with E-state index in [9.17, 15) is 9.90 Å². The molecule has 0 spiro atoms. The van der Waals surface area contributed by atoms with Crippen LogP contribution in [0.25, 0.3) is 0 Å². The Kier molecular flexibility index (Phi) is 6.39. The predicted molar refractivity (Wildman–Crippen MR) is 70.1 cm³/mol. The third-order valence-electron chi connectivity index (χ3n) is 2.78. The topological polar surface area (TPSA) is 49.8 Å². The molecule has 18 heavy (non-hydrogen) atoms. The quantitative estimate of drug-likeness (QED) is 0.801. The molecule has 1 amide bonds. The normalized spacial score (nSPS) is 12.2. The van der Waals surface area contributed by atoms with Gasteiger partial charge in [0.2, 0.25) is 5.91 Å². The third-order valence-corrected chi connectivity index (χ3v) is 2.78. The summed E-state index contributed by atoms with van der Waals surface area (Å²) in [7, 11) is 1.72. The molecule has 100 valence electrons. The number of carbonyl (C=O) groups is 1. The first-order chi connectivity index (χ1) is 8.65. The molecule has 1 N–H and O–H groups in total. The highest BCUT2D eigenvalue weighted by molar-refractivity contribution is 5.77. The molecular weight excluding hydrogens is 230 g/mol. The van der Waals surface area contributed by atoms with E-state index in [-0.39, 0.29) is 12.5 Å². The summed E-state index contributed by atoms with van der Waals surface area (Å²) in [6.45, 7) is 3.01. The summed E-state index contributed by atoms with van der Waals surface area (Å²) < 4.78 is 5.05. The van der Waals surface area contributed by atoms with Crippen LogP contribution in [0.3, 0.4) is 0 Å². The molecule has 1 unspecified atom stereocenters. The van der Waals surface area contributed by atoms with Crippen LogP contribution in [0, 0.1) is 0 Å². The van der Waals surface area contributed by atoms with Gasteiger partial charge in [-0.05, 0) is 18.9 Å². The van der Waals surface area contributed by atoms with Gasteiger partial charge in [-0.3, -0.25) is 4.79 Å². The molecule has 0 bridgehead atoms. The lowest BCUT2D eigenvalue weighted by Gasteiger charge is -2.19. The van der Waals surface area contributed by atoms with Gasteiger partial charge in [0.25, 0.3) is 0 Å². The number of hydrogen-bond donors (Lipinski definition) is 1. The molecule has 0 radical (unpaired) electrons. The van der Waals surface area contributed by atoms with Crippen LogP contribution in [0.2, 0.25) is 0 Å². The van der Waals surface area contributed by atoms with Gasteiger partial charge in [-0.25, -0.2) is 0 Å². The van der Waals surface area contributed by atoms with Crippen LogP contribution >= 0.6 is 0 Å². The monoisotopic (exact) mass is 251 g/mol. The average Bonchev–Trinajstić information content (AvgIpc) is 2.42. The number of rotatable bonds is 7. The Balaban J connectivity index is 2.34. The molecule has 4 heteroatoms. The first-order valence-corrected chi connectivity index (χ1v) is 6.19. The van der Waals surface area contributed by atoms with Crippen LogP contribution < -0.4 is 0 Å². The van der Waals surface area contributed by atoms with E-state index in [0.717, 1.165) is 5.56 Å². The number of ether oxygens (including phenoxy) is 1. The molecule has 0 heterocycles. The molecule has 1 atom stereocenters. The van der Waals surface area contributed by atoms with E-state index in [4.69, 9.17) is 4.74 Å². The van der Waals surface area contributed by atoms with Crippen molar-refractivity contribution in [3.63, 3.8) is 0 Å². The second-order valence-corrected chi connectivity index (χ2v) is 4.17. The number of nitrogens with zero attached hydrogens (tertiary/aromatic N) is 1. The molecule has 0 aliphatic rings. The molecule has 1 aromatic carbocycles. The highest BCUT2D eigenvalue weighted by Gasteiger charge is 2.12. The van der Waals surface area contributed by atoms with Crippen LogP contribution in [-0.4, -0.2) is 42.7 Å². The molecule has 1 rings (SSSR count). The maximum Gasteiger partial charge on any atom is 0.248 e. The summed E-state index contributed by atoms with van der Waals surface area (Å²) in [6.07, 6.45) is -0.00759. The Labute approximate surface area is 108 Å². The van der Waals surface area contributed by atoms with E-state index in [0.29, 0.717) is 19.6 Å². The minimum absolute atomic E-state index is 0.0582. The first kappa shape index (κ1) is 14.7. The predicted octanol–water partition coefficient (Wildman–Crippen LogP) is 1.61. The standard InChI is InChI=1S/C14H21NO3/c1-3-18-11-14(17)15(2)10-9-13(16)12-7-5-4-6-8-12/h4-8,13,16H,3,9-11H2,1-2H3. The maximum atomic E-state index is 11.6. The zero-order chi connectivity index (χ0) is 13.4. The Morgan fingerprint density at radius 3 is 2.67 bits per heavy atom. The smallest absolute Gasteiger partial charge is 0.248 e. The van der Waals surface area contributed by atoms with E-state index < -0.39 is 6.10 Å². The number of hydrogen-bond acceptors (Lipinski definition) is 3. The lowest BCUT2D eigenvalue weighted by atomic mass is 10.1. The Bertz CT molecular complexity index is 353. The molecule has 0 aliphatic heterocycles. The Morgan fingerprint density at radius 2 is 2.06 bits per heavy atom. The van der Waals surface area contributed by atoms with E-state index in [2.05, 4.69) is 0 Å². The molecule has 4 nitrogen and oxygen atoms in total. The summed E-state index contributed by atoms with van der Waals surface area (Å²) in [4.78, 5) is 13.2. The Hall–Kier alpha value is -1.39. The number of benzene rings is 1. The molecular formula is C14H21NO3. The van der Waals surface area contributed by atoms with Crippen molar-refractivity contribution in [2.24, 2.45) is 0 Å². The van der Waals surface area contributed by atoms with Crippen LogP contribution in [0.4, 0.5) is 0 Å². The van der Waals surface area contributed by atoms with Gasteiger partial charge in [-0.1, -0.05) is 30.3 Å². The van der Waals surface area contributed by atoms with Gasteiger partial charge in [0.1, 0.15) is 6.61 Å². The first-order valence-electron chi connectivity index (χ1n) is 6.19. The fraction of sp³-hybridized carbons (Fsp3) is 0.500. The van der Waals surface area contributed by atoms with Crippen molar-refractivity contribution < 1.29 is 14.6 Å². The SMILES string of the molecule is CCOCC(=O)N(C)CCC(O)c1ccccc1. The van der Waals surface area contributed by atoms with E-state index in [1.165, 1.54) is 0 Å². The second-order valence-electron chi connectivity index (χ2n) is 4.17. The van der Waals surface area contributed by atoms with Crippen molar-refractivity contribution in [2.45, 2.75) is 19.4 Å². The number of likely N-dealkylation sites (N-methyl/N-ethyl adjacent to an activating group) is 1. The lowest BCUT2D eigenvalue weighted by Crippen LogP contribution is -2.31. The van der Waals surface area contributed by atoms with Crippen molar-refractivity contribution in [3.05, 3.63) is 35.9 Å². The molecule has 0 saturated heterocycles. The average molecular weight is 251 g/mol. The van der Waals surface area contributed by atoms with Gasteiger partial charge >= 0.3 is 0 Å². The summed E-state index contributed by atoms with van der Waals surface area (Å²) in [6, 6.07) is 9.46. The van der Waals surface area contributed by atoms with Gasteiger partial charge in [0.05, 0.1) is 6.10 Å². The van der Waals surface area contributed by atoms with Crippen molar-refractivity contribution in [2.75, 3.05) is 26.8 Å². The summed E-state index contributed by atoms with van der Waals surface area (Å²) in [5, 5.41) is 9.96. The molecule has 0 saturated carbocycles. The minimum Gasteiger partial charge on any atom is -0.388 e. The van der Waals surface area contributed by atoms with Crippen molar-refractivity contribution >= 4 is 5.91 Å². The van der Waals surface area contributed by atoms with Crippen LogP contribution in [0.15, 0.2) is 30.3 Å². The zero-order valence-corrected chi connectivity index (χ0v) is 11.0. The molecule has 0 aromatic heterocycles. The fourth-order valence-corrected chi connectivity index (χ4v) is 1.58. The van der Waals surface area contributed by atoms with E-state index in [1.807, 2.05) is 37.3 Å². The zero-order valence-electron chi connectivity index (χ0n) is 11.0. The molecule has 0 aliphatic carbocycles. The van der Waals surface area contributed by atoms with Gasteiger partial charge in [0.15, 0.2) is 0 Å². The van der Waals surface area contributed by atoms with Gasteiger partial charge < -0.3 is 14.7 Å². The van der Waals surface area contributed by atoms with Gasteiger partial charge in [0, 0.05) is 20.2 Å². The second kappa shape index (κ2) is 7.84. The largest absolute Gasteiger partial charge is 0.388 e. The highest BCUT2D eigenvalue weighted by Crippen LogP contribution is 2.15. The highest BCUT2D eigenvalue weighted by atomic mass is 16.5. The third kappa shape index (κ3) is 4.85. The van der Waals surface area contributed by atoms with Crippen molar-refractivity contribution in [1.82, 2.24) is 4.90 Å². The van der Waals surface area contributed by atoms with E-state index in [1.54, 1.807) is 11.9 Å². The summed E-state index contributed by atoms with van der Waals surface area (Å²) in [5.74, 6) is -0.0582. The summed E-state index contributed by atoms with van der Waals surface area (Å²) in [5.41, 5.74) is 0.878. The minimum atomic E-state index is -0.534. The summed E-state index contributed by atoms with van der Waals surface area (Å²) >= 11 is 0. The maximum absolute atomic E-state index is 11.6. The van der Waals surface area contributed by atoms with E-state index >= 15 is 0 Å². The van der Waals surface area contributed by atoms with Crippen molar-refractivity contribution in [1.29, 1.82) is 0 Å². The molecule has 1 aromatic rings. The lowest BCUT2D eigenvalue weighted by molar-refractivity contribution is -0.134.